The van der Waals surface area contributed by atoms with Gasteiger partial charge in [0.25, 0.3) is 0 Å². The minimum absolute atomic E-state index is 0.889. The predicted molar refractivity (Wildman–Crippen MR) is 54.5 cm³/mol. The number of nitrogens with one attached hydrogen (secondary N) is 1. The Labute approximate surface area is 92.8 Å². The van der Waals surface area contributed by atoms with Crippen LogP contribution in [0.2, 0.25) is 0 Å². The van der Waals surface area contributed by atoms with Crippen LogP contribution in [0.5, 0.6) is 0 Å². The van der Waals surface area contributed by atoms with Crippen molar-refractivity contribution in [3.63, 3.8) is 0 Å². The summed E-state index contributed by atoms with van der Waals surface area (Å²) in [7, 11) is 0. The molecule has 0 unspecified atom stereocenters. The van der Waals surface area contributed by atoms with Crippen molar-refractivity contribution in [2.45, 2.75) is 0 Å². The van der Waals surface area contributed by atoms with Crippen LogP contribution >= 0.6 is 0 Å². The third kappa shape index (κ3) is 7.65. The van der Waals surface area contributed by atoms with Gasteiger partial charge in [0.15, 0.2) is 6.39 Å². The van der Waals surface area contributed by atoms with E-state index in [4.69, 9.17) is 4.74 Å². The smallest absolute Gasteiger partial charge is 0.180 e. The number of nitrogens with zero attached hydrogens (tertiary/aromatic N) is 3. The van der Waals surface area contributed by atoms with E-state index in [2.05, 4.69) is 29.6 Å². The molecule has 0 amide bonds. The average Bonchev–Trinajstić information content (AvgIpc) is 3.10. The second kappa shape index (κ2) is 9.81. The van der Waals surface area contributed by atoms with Crippen LogP contribution in [-0.4, -0.2) is 41.7 Å². The lowest BCUT2D eigenvalue weighted by Gasteiger charge is -2.10. The summed E-state index contributed by atoms with van der Waals surface area (Å²) in [5.74, 6) is 0. The van der Waals surface area contributed by atoms with Crippen LogP contribution in [0.3, 0.4) is 0 Å². The predicted octanol–water partition coefficient (Wildman–Crippen LogP) is 0.350. The molecule has 1 aliphatic heterocycles. The maximum Gasteiger partial charge on any atom is 0.180 e. The highest BCUT2D eigenvalue weighted by molar-refractivity contribution is 4.56. The van der Waals surface area contributed by atoms with Crippen molar-refractivity contribution < 1.29 is 13.7 Å². The Bertz CT molecular complexity index is 222. The molecule has 0 atom stereocenters. The summed E-state index contributed by atoms with van der Waals surface area (Å²) in [6, 6.07) is 0. The number of oxazole rings is 1. The van der Waals surface area contributed by atoms with E-state index in [0.29, 0.717) is 0 Å². The second-order valence-electron chi connectivity index (χ2n) is 2.63. The maximum atomic E-state index is 5.01. The molecular formula is C9H14N4O3. The van der Waals surface area contributed by atoms with Crippen molar-refractivity contribution in [2.24, 2.45) is 0 Å². The molecule has 0 bridgehead atoms. The normalized spacial score (nSPS) is 14.0. The Hall–Kier alpha value is -1.73. The van der Waals surface area contributed by atoms with Gasteiger partial charge in [-0.25, -0.2) is 4.98 Å². The largest absolute Gasteiger partial charge is 0.452 e. The number of hydrogen-bond donors (Lipinski definition) is 1. The number of hydrogen-bond acceptors (Lipinski definition) is 7. The molecule has 0 radical (unpaired) electrons. The van der Waals surface area contributed by atoms with Crippen LogP contribution in [0, 0.1) is 0 Å². The summed E-state index contributed by atoms with van der Waals surface area (Å²) in [4.78, 5) is 3.56. The van der Waals surface area contributed by atoms with E-state index in [1.54, 1.807) is 6.20 Å². The first-order chi connectivity index (χ1) is 8.00. The third-order valence-corrected chi connectivity index (χ3v) is 1.48. The summed E-state index contributed by atoms with van der Waals surface area (Å²) in [6.07, 6.45) is 7.35. The average molecular weight is 226 g/mol. The number of ether oxygens (including phenoxy) is 1. The van der Waals surface area contributed by atoms with Gasteiger partial charge in [-0.05, 0) is 0 Å². The molecule has 88 valence electrons. The first kappa shape index (κ1) is 12.3. The Balaban J connectivity index is 0.000000121. The summed E-state index contributed by atoms with van der Waals surface area (Å²) in [5.41, 5.74) is 0. The zero-order chi connectivity index (χ0) is 11.3. The highest BCUT2D eigenvalue weighted by atomic mass is 16.5. The van der Waals surface area contributed by atoms with Crippen LogP contribution in [0.15, 0.2) is 40.3 Å². The molecule has 0 aliphatic carbocycles. The monoisotopic (exact) mass is 226 g/mol. The van der Waals surface area contributed by atoms with Crippen LogP contribution in [-0.2, 0) is 4.74 Å². The molecule has 1 saturated heterocycles. The van der Waals surface area contributed by atoms with Gasteiger partial charge in [0.1, 0.15) is 12.5 Å². The van der Waals surface area contributed by atoms with Crippen molar-refractivity contribution in [1.82, 2.24) is 20.7 Å². The molecule has 1 aliphatic rings. The highest BCUT2D eigenvalue weighted by Crippen LogP contribution is 1.76. The van der Waals surface area contributed by atoms with Crippen molar-refractivity contribution in [2.75, 3.05) is 26.3 Å². The van der Waals surface area contributed by atoms with Gasteiger partial charge in [0.2, 0.25) is 0 Å². The summed E-state index contributed by atoms with van der Waals surface area (Å²) in [6.45, 7) is 3.83. The van der Waals surface area contributed by atoms with Gasteiger partial charge in [-0.3, -0.25) is 0 Å². The minimum Gasteiger partial charge on any atom is -0.452 e. The summed E-state index contributed by atoms with van der Waals surface area (Å²) >= 11 is 0. The molecule has 7 heteroatoms. The molecule has 2 aromatic rings. The standard InChI is InChI=1S/C4H9NO.C3H3NO.C2H2N2O/c1-3-6-4-2-5-1;1-2-5-3-4-1;1-2-5-4-3-1/h5H,1-4H2;1-3H;1-2H. The molecule has 0 saturated carbocycles. The van der Waals surface area contributed by atoms with Crippen LogP contribution in [0.25, 0.3) is 0 Å². The van der Waals surface area contributed by atoms with Gasteiger partial charge in [-0.1, -0.05) is 0 Å². The molecule has 1 fully saturated rings. The molecule has 16 heavy (non-hydrogen) atoms. The molecule has 2 aromatic heterocycles. The fraction of sp³-hybridized carbons (Fsp3) is 0.444. The van der Waals surface area contributed by atoms with Gasteiger partial charge in [-0.2, -0.15) is 0 Å². The lowest BCUT2D eigenvalue weighted by atomic mass is 10.5. The van der Waals surface area contributed by atoms with Gasteiger partial charge < -0.3 is 19.0 Å². The van der Waals surface area contributed by atoms with E-state index in [0.717, 1.165) is 26.3 Å². The topological polar surface area (TPSA) is 86.2 Å². The molecule has 0 aromatic carbocycles. The maximum absolute atomic E-state index is 5.01. The van der Waals surface area contributed by atoms with E-state index in [1.807, 2.05) is 0 Å². The molecule has 7 nitrogen and oxygen atoms in total. The minimum atomic E-state index is 0.889. The van der Waals surface area contributed by atoms with Crippen LogP contribution in [0.1, 0.15) is 0 Å². The van der Waals surface area contributed by atoms with E-state index in [-0.39, 0.29) is 0 Å². The Morgan fingerprint density at radius 3 is 2.12 bits per heavy atom. The number of rotatable bonds is 0. The summed E-state index contributed by atoms with van der Waals surface area (Å²) in [5, 5.41) is 9.56. The summed E-state index contributed by atoms with van der Waals surface area (Å²) < 4.78 is 13.7. The fourth-order valence-corrected chi connectivity index (χ4v) is 0.828. The van der Waals surface area contributed by atoms with Crippen molar-refractivity contribution in [3.8, 4) is 0 Å². The molecular weight excluding hydrogens is 212 g/mol. The molecule has 1 N–H and O–H groups in total. The third-order valence-electron chi connectivity index (χ3n) is 1.48. The van der Waals surface area contributed by atoms with Gasteiger partial charge in [-0.15, -0.1) is 5.10 Å². The zero-order valence-corrected chi connectivity index (χ0v) is 8.78. The van der Waals surface area contributed by atoms with E-state index in [9.17, 15) is 0 Å². The first-order valence-corrected chi connectivity index (χ1v) is 4.82. The fourth-order valence-electron chi connectivity index (χ4n) is 0.828. The SMILES string of the molecule is C1COCCN1.c1cocn1.c1conn1. The second-order valence-corrected chi connectivity index (χ2v) is 2.63. The lowest BCUT2D eigenvalue weighted by Crippen LogP contribution is -2.30. The number of morpholine rings is 1. The first-order valence-electron chi connectivity index (χ1n) is 4.82. The van der Waals surface area contributed by atoms with Crippen LogP contribution in [0.4, 0.5) is 0 Å². The van der Waals surface area contributed by atoms with Crippen LogP contribution < -0.4 is 5.32 Å². The lowest BCUT2D eigenvalue weighted by molar-refractivity contribution is 0.109. The molecule has 3 rings (SSSR count). The number of aromatic nitrogens is 3. The molecule has 3 heterocycles. The van der Waals surface area contributed by atoms with Gasteiger partial charge in [0.05, 0.1) is 25.6 Å². The zero-order valence-electron chi connectivity index (χ0n) is 8.78. The van der Waals surface area contributed by atoms with Gasteiger partial charge in [0, 0.05) is 18.4 Å². The van der Waals surface area contributed by atoms with Gasteiger partial charge >= 0.3 is 0 Å². The van der Waals surface area contributed by atoms with Crippen molar-refractivity contribution >= 4 is 0 Å². The van der Waals surface area contributed by atoms with Crippen molar-refractivity contribution in [3.05, 3.63) is 31.3 Å². The Morgan fingerprint density at radius 1 is 1.06 bits per heavy atom. The molecule has 0 spiro atoms. The van der Waals surface area contributed by atoms with Crippen molar-refractivity contribution in [1.29, 1.82) is 0 Å². The highest BCUT2D eigenvalue weighted by Gasteiger charge is 1.92. The van der Waals surface area contributed by atoms with E-state index >= 15 is 0 Å². The Kier molecular flexibility index (Phi) is 7.57. The van der Waals surface area contributed by atoms with E-state index < -0.39 is 0 Å². The van der Waals surface area contributed by atoms with E-state index in [1.165, 1.54) is 25.1 Å². The quantitative estimate of drug-likeness (QED) is 0.693. The Morgan fingerprint density at radius 2 is 1.94 bits per heavy atom.